The summed E-state index contributed by atoms with van der Waals surface area (Å²) in [6.07, 6.45) is -2.90. The van der Waals surface area contributed by atoms with Crippen molar-refractivity contribution in [3.63, 3.8) is 0 Å². The maximum absolute atomic E-state index is 11.6. The van der Waals surface area contributed by atoms with Gasteiger partial charge in [-0.25, -0.2) is 13.1 Å². The highest BCUT2D eigenvalue weighted by Gasteiger charge is 2.25. The quantitative estimate of drug-likeness (QED) is 0.640. The summed E-state index contributed by atoms with van der Waals surface area (Å²) in [6.45, 7) is -0.780. The summed E-state index contributed by atoms with van der Waals surface area (Å²) in [4.78, 5) is 0. The van der Waals surface area contributed by atoms with Crippen molar-refractivity contribution < 1.29 is 21.6 Å². The zero-order chi connectivity index (χ0) is 11.2. The number of nitrogens with one attached hydrogen (secondary N) is 2. The highest BCUT2D eigenvalue weighted by Crippen LogP contribution is 2.11. The highest BCUT2D eigenvalue weighted by molar-refractivity contribution is 7.88. The van der Waals surface area contributed by atoms with E-state index in [1.54, 1.807) is 0 Å². The van der Waals surface area contributed by atoms with Gasteiger partial charge in [-0.15, -0.1) is 0 Å². The molecule has 0 bridgehead atoms. The highest BCUT2D eigenvalue weighted by atomic mass is 32.2. The lowest BCUT2D eigenvalue weighted by Crippen LogP contribution is -2.31. The van der Waals surface area contributed by atoms with Gasteiger partial charge in [0.1, 0.15) is 0 Å². The molecule has 0 aliphatic rings. The molecule has 0 aromatic heterocycles. The van der Waals surface area contributed by atoms with Crippen LogP contribution in [0.5, 0.6) is 0 Å². The van der Waals surface area contributed by atoms with Crippen LogP contribution in [0.25, 0.3) is 0 Å². The van der Waals surface area contributed by atoms with Crippen LogP contribution < -0.4 is 10.0 Å². The molecule has 0 heterocycles. The van der Waals surface area contributed by atoms with Gasteiger partial charge in [-0.1, -0.05) is 0 Å². The second-order valence-corrected chi connectivity index (χ2v) is 4.65. The molecule has 0 unspecified atom stereocenters. The monoisotopic (exact) mass is 234 g/mol. The molecule has 4 nitrogen and oxygen atoms in total. The van der Waals surface area contributed by atoms with Gasteiger partial charge >= 0.3 is 6.18 Å². The number of hydrogen-bond acceptors (Lipinski definition) is 3. The number of halogens is 3. The average molecular weight is 234 g/mol. The lowest BCUT2D eigenvalue weighted by atomic mass is 10.4. The Bertz CT molecular complexity index is 250. The molecule has 0 atom stereocenters. The molecule has 0 aromatic carbocycles. The van der Waals surface area contributed by atoms with Gasteiger partial charge in [0, 0.05) is 6.54 Å². The summed E-state index contributed by atoms with van der Waals surface area (Å²) in [6, 6.07) is 0. The second-order valence-electron chi connectivity index (χ2n) is 2.81. The molecule has 0 saturated carbocycles. The zero-order valence-electron chi connectivity index (χ0n) is 7.69. The minimum atomic E-state index is -4.22. The Labute approximate surface area is 80.9 Å². The van der Waals surface area contributed by atoms with E-state index in [1.165, 1.54) is 0 Å². The van der Waals surface area contributed by atoms with Crippen molar-refractivity contribution in [2.24, 2.45) is 0 Å². The molecule has 8 heteroatoms. The van der Waals surface area contributed by atoms with Crippen molar-refractivity contribution >= 4 is 10.0 Å². The molecule has 0 spiro atoms. The Morgan fingerprint density at radius 2 is 1.79 bits per heavy atom. The number of hydrogen-bond donors (Lipinski definition) is 2. The number of rotatable bonds is 6. The van der Waals surface area contributed by atoms with E-state index in [-0.39, 0.29) is 13.1 Å². The molecule has 0 aliphatic carbocycles. The van der Waals surface area contributed by atoms with Crippen molar-refractivity contribution in [3.8, 4) is 0 Å². The molecular weight excluding hydrogens is 221 g/mol. The fraction of sp³-hybridized carbons (Fsp3) is 1.00. The molecule has 14 heavy (non-hydrogen) atoms. The smallest absolute Gasteiger partial charge is 0.309 e. The number of sulfonamides is 1. The van der Waals surface area contributed by atoms with Crippen LogP contribution in [0.2, 0.25) is 0 Å². The van der Waals surface area contributed by atoms with Crippen molar-refractivity contribution in [3.05, 3.63) is 0 Å². The Hall–Kier alpha value is -0.340. The van der Waals surface area contributed by atoms with E-state index < -0.39 is 22.7 Å². The molecule has 0 radical (unpaired) electrons. The molecule has 0 amide bonds. The molecule has 0 aromatic rings. The van der Waals surface area contributed by atoms with Gasteiger partial charge in [0.05, 0.1) is 12.8 Å². The van der Waals surface area contributed by atoms with Crippen LogP contribution in [0.3, 0.4) is 0 Å². The van der Waals surface area contributed by atoms with Gasteiger partial charge in [-0.3, -0.25) is 0 Å². The van der Waals surface area contributed by atoms with Crippen LogP contribution in [-0.2, 0) is 10.0 Å². The van der Waals surface area contributed by atoms with Crippen molar-refractivity contribution in [1.82, 2.24) is 10.0 Å². The Morgan fingerprint density at radius 1 is 1.21 bits per heavy atom. The van der Waals surface area contributed by atoms with Crippen LogP contribution in [0.1, 0.15) is 6.42 Å². The van der Waals surface area contributed by atoms with Crippen LogP contribution in [0, 0.1) is 0 Å². The van der Waals surface area contributed by atoms with E-state index >= 15 is 0 Å². The molecule has 0 saturated heterocycles. The third-order valence-electron chi connectivity index (χ3n) is 1.22. The summed E-state index contributed by atoms with van der Waals surface area (Å²) < 4.78 is 57.9. The van der Waals surface area contributed by atoms with Crippen LogP contribution in [-0.4, -0.2) is 40.5 Å². The fourth-order valence-electron chi connectivity index (χ4n) is 0.701. The lowest BCUT2D eigenvalue weighted by molar-refractivity contribution is -0.124. The van der Waals surface area contributed by atoms with Crippen LogP contribution in [0.4, 0.5) is 13.2 Å². The molecule has 0 fully saturated rings. The first kappa shape index (κ1) is 13.7. The Balaban J connectivity index is 3.32. The Morgan fingerprint density at radius 3 is 2.21 bits per heavy atom. The van der Waals surface area contributed by atoms with Gasteiger partial charge in [-0.05, 0) is 13.0 Å². The van der Waals surface area contributed by atoms with Crippen molar-refractivity contribution in [1.29, 1.82) is 0 Å². The minimum Gasteiger partial charge on any atom is -0.309 e. The zero-order valence-corrected chi connectivity index (χ0v) is 8.50. The van der Waals surface area contributed by atoms with Crippen molar-refractivity contribution in [2.45, 2.75) is 12.6 Å². The van der Waals surface area contributed by atoms with Gasteiger partial charge in [0.15, 0.2) is 0 Å². The molecule has 0 rings (SSSR count). The Kier molecular flexibility index (Phi) is 5.38. The normalized spacial score (nSPS) is 13.1. The first-order chi connectivity index (χ1) is 6.21. The third-order valence-corrected chi connectivity index (χ3v) is 1.95. The van der Waals surface area contributed by atoms with E-state index in [0.717, 1.165) is 6.26 Å². The standard InChI is InChI=1S/C6H13F3N2O2S/c1-14(12,13)11-4-2-3-10-5-6(7,8)9/h10-11H,2-5H2,1H3. The van der Waals surface area contributed by atoms with Gasteiger partial charge < -0.3 is 5.32 Å². The predicted molar refractivity (Wildman–Crippen MR) is 46.4 cm³/mol. The number of alkyl halides is 3. The third kappa shape index (κ3) is 11.7. The predicted octanol–water partition coefficient (Wildman–Crippen LogP) is 0.0776. The van der Waals surface area contributed by atoms with E-state index in [4.69, 9.17) is 0 Å². The topological polar surface area (TPSA) is 58.2 Å². The first-order valence-electron chi connectivity index (χ1n) is 3.93. The van der Waals surface area contributed by atoms with Gasteiger partial charge in [-0.2, -0.15) is 13.2 Å². The van der Waals surface area contributed by atoms with Crippen molar-refractivity contribution in [2.75, 3.05) is 25.9 Å². The van der Waals surface area contributed by atoms with E-state index in [9.17, 15) is 21.6 Å². The summed E-state index contributed by atoms with van der Waals surface area (Å²) in [5.74, 6) is 0. The van der Waals surface area contributed by atoms with Gasteiger partial charge in [0.2, 0.25) is 10.0 Å². The van der Waals surface area contributed by atoms with Crippen LogP contribution >= 0.6 is 0 Å². The summed E-state index contributed by atoms with van der Waals surface area (Å²) >= 11 is 0. The maximum atomic E-state index is 11.6. The van der Waals surface area contributed by atoms with Gasteiger partial charge in [0.25, 0.3) is 0 Å². The maximum Gasteiger partial charge on any atom is 0.401 e. The lowest BCUT2D eigenvalue weighted by Gasteiger charge is -2.07. The molecular formula is C6H13F3N2O2S. The molecule has 0 aliphatic heterocycles. The average Bonchev–Trinajstić information content (AvgIpc) is 1.92. The van der Waals surface area contributed by atoms with E-state index in [0.29, 0.717) is 6.42 Å². The second kappa shape index (κ2) is 5.52. The van der Waals surface area contributed by atoms with Crippen LogP contribution in [0.15, 0.2) is 0 Å². The molecule has 86 valence electrons. The summed E-state index contributed by atoms with van der Waals surface area (Å²) in [5, 5.41) is 2.15. The summed E-state index contributed by atoms with van der Waals surface area (Å²) in [5.41, 5.74) is 0. The fourth-order valence-corrected chi connectivity index (χ4v) is 1.22. The summed E-state index contributed by atoms with van der Waals surface area (Å²) in [7, 11) is -3.24. The largest absolute Gasteiger partial charge is 0.401 e. The minimum absolute atomic E-state index is 0.127. The van der Waals surface area contributed by atoms with E-state index in [1.807, 2.05) is 0 Å². The van der Waals surface area contributed by atoms with E-state index in [2.05, 4.69) is 10.0 Å². The first-order valence-corrected chi connectivity index (χ1v) is 5.82. The molecule has 2 N–H and O–H groups in total. The SMILES string of the molecule is CS(=O)(=O)NCCCNCC(F)(F)F.